The second-order valence-corrected chi connectivity index (χ2v) is 21.0. The van der Waals surface area contributed by atoms with Crippen molar-refractivity contribution in [2.75, 3.05) is 0 Å². The zero-order valence-corrected chi connectivity index (χ0v) is 45.5. The van der Waals surface area contributed by atoms with Gasteiger partial charge in [0.2, 0.25) is 0 Å². The fraction of sp³-hybridized carbons (Fsp3) is 0.0789. The molecule has 0 saturated carbocycles. The van der Waals surface area contributed by atoms with Gasteiger partial charge in [0.15, 0.2) is 17.5 Å². The van der Waals surface area contributed by atoms with Gasteiger partial charge in [-0.15, -0.1) is 0 Å². The summed E-state index contributed by atoms with van der Waals surface area (Å²) in [5, 5.41) is 0. The summed E-state index contributed by atoms with van der Waals surface area (Å²) >= 11 is 0. The number of allylic oxidation sites excluding steroid dienone is 5. The molecule has 1 spiro atoms. The number of benzene rings is 10. The van der Waals surface area contributed by atoms with Crippen molar-refractivity contribution in [2.24, 2.45) is 4.99 Å². The monoisotopic (exact) mass is 1030 g/mol. The molecule has 0 N–H and O–H groups in total. The first-order valence-electron chi connectivity index (χ1n) is 27.6. The van der Waals surface area contributed by atoms with Gasteiger partial charge in [0.1, 0.15) is 0 Å². The molecule has 1 heterocycles. The molecule has 4 nitrogen and oxygen atoms in total. The first-order chi connectivity index (χ1) is 39.3. The number of rotatable bonds is 8. The molecule has 1 unspecified atom stereocenters. The van der Waals surface area contributed by atoms with E-state index in [1.807, 2.05) is 60.7 Å². The minimum absolute atomic E-state index is 0.623. The molecular weight excluding hydrogens is 969 g/mol. The first-order valence-corrected chi connectivity index (χ1v) is 27.6. The van der Waals surface area contributed by atoms with Gasteiger partial charge in [-0.2, -0.15) is 0 Å². The Balaban J connectivity index is 0.000000804. The maximum absolute atomic E-state index is 5.26. The summed E-state index contributed by atoms with van der Waals surface area (Å²) in [6.45, 7) is 12.5. The number of aliphatic imine (C=N–C) groups is 1. The normalized spacial score (nSPS) is 15.4. The summed E-state index contributed by atoms with van der Waals surface area (Å²) < 4.78 is 0. The lowest BCUT2D eigenvalue weighted by Gasteiger charge is -2.31. The number of fused-ring (bicyclic) bond motifs is 11. The van der Waals surface area contributed by atoms with Crippen LogP contribution in [0.1, 0.15) is 63.9 Å². The molecule has 0 fully saturated rings. The van der Waals surface area contributed by atoms with Gasteiger partial charge in [0, 0.05) is 22.4 Å². The van der Waals surface area contributed by atoms with Crippen molar-refractivity contribution in [3.8, 4) is 78.7 Å². The van der Waals surface area contributed by atoms with E-state index in [4.69, 9.17) is 19.9 Å². The van der Waals surface area contributed by atoms with Crippen LogP contribution >= 0.6 is 0 Å². The molecule has 382 valence electrons. The second-order valence-electron chi connectivity index (χ2n) is 21.0. The highest BCUT2D eigenvalue weighted by Crippen LogP contribution is 2.63. The predicted octanol–water partition coefficient (Wildman–Crippen LogP) is 19.1. The molecule has 0 saturated heterocycles. The average Bonchev–Trinajstić information content (AvgIpc) is 4.12. The third kappa shape index (κ3) is 8.76. The van der Waals surface area contributed by atoms with E-state index in [0.29, 0.717) is 17.5 Å². The molecule has 80 heavy (non-hydrogen) atoms. The maximum Gasteiger partial charge on any atom is 0.164 e. The van der Waals surface area contributed by atoms with Gasteiger partial charge in [0.25, 0.3) is 0 Å². The summed E-state index contributed by atoms with van der Waals surface area (Å²) in [5.74, 6) is 1.91. The number of aromatic nitrogens is 3. The van der Waals surface area contributed by atoms with E-state index in [9.17, 15) is 0 Å². The number of aryl methyl sites for hydroxylation is 2. The Kier molecular flexibility index (Phi) is 12.9. The van der Waals surface area contributed by atoms with Crippen LogP contribution in [0.5, 0.6) is 0 Å². The maximum atomic E-state index is 5.26. The standard InChI is InChI=1S/C69H50N4.C7H8/c1-5-19-55-45(6-2)36-50-31-30-48(40-60(50)55)53-37-52(44(4)70-65-29-18-13-20-43(65)3)38-54(39-53)49-32-34-58-56-25-14-16-27-61(56)69(63(58)41-49)62-28-17-15-26-57(62)59-35-33-51(42-64(59)69)68-72-66(46-21-9-7-10-22-46)71-67(73-68)47-23-11-8-12-24-47;1-7-5-3-2-4-6-7/h5-35,37-42H,1,36H2,2-4H3;2-6H,1H3/b45-6-,55-19+,70-44?;. The summed E-state index contributed by atoms with van der Waals surface area (Å²) in [4.78, 5) is 20.7. The van der Waals surface area contributed by atoms with Crippen LogP contribution in [0.15, 0.2) is 272 Å². The zero-order chi connectivity index (χ0) is 54.3. The minimum atomic E-state index is -0.623. The van der Waals surface area contributed by atoms with Crippen LogP contribution < -0.4 is 0 Å². The molecule has 1 aromatic heterocycles. The fourth-order valence-corrected chi connectivity index (χ4v) is 12.2. The van der Waals surface area contributed by atoms with Crippen molar-refractivity contribution >= 4 is 17.0 Å². The highest BCUT2D eigenvalue weighted by atomic mass is 15.0. The topological polar surface area (TPSA) is 51.0 Å². The Hall–Kier alpha value is -9.90. The van der Waals surface area contributed by atoms with E-state index < -0.39 is 5.41 Å². The third-order valence-corrected chi connectivity index (χ3v) is 16.2. The van der Waals surface area contributed by atoms with Gasteiger partial charge >= 0.3 is 0 Å². The van der Waals surface area contributed by atoms with Gasteiger partial charge in [-0.25, -0.2) is 15.0 Å². The van der Waals surface area contributed by atoms with Gasteiger partial charge in [-0.1, -0.05) is 224 Å². The Morgan fingerprint density at radius 2 is 0.938 bits per heavy atom. The van der Waals surface area contributed by atoms with E-state index in [-0.39, 0.29) is 0 Å². The lowest BCUT2D eigenvalue weighted by molar-refractivity contribution is 0.794. The molecule has 0 aliphatic heterocycles. The van der Waals surface area contributed by atoms with Gasteiger partial charge in [-0.3, -0.25) is 4.99 Å². The van der Waals surface area contributed by atoms with Crippen LogP contribution in [0.4, 0.5) is 5.69 Å². The Morgan fingerprint density at radius 3 is 1.50 bits per heavy atom. The minimum Gasteiger partial charge on any atom is -0.253 e. The molecule has 10 aromatic carbocycles. The number of hydrogen-bond donors (Lipinski definition) is 0. The molecule has 0 radical (unpaired) electrons. The first kappa shape index (κ1) is 49.7. The SMILES string of the molecule is C=C/C=C1\C(=C/C)Cc2ccc(-c3cc(C(C)=Nc4ccccc4C)cc(-c4ccc5c(c4)C4(c6ccccc6-5)c5ccccc5-c5ccc(-c6nc(-c7ccccc7)nc(-c7ccccc7)n6)cc54)c3)cc21.Cc1ccccc1. The molecule has 1 atom stereocenters. The van der Waals surface area contributed by atoms with Gasteiger partial charge < -0.3 is 0 Å². The van der Waals surface area contributed by atoms with Crippen molar-refractivity contribution in [2.45, 2.75) is 39.5 Å². The predicted molar refractivity (Wildman–Crippen MR) is 333 cm³/mol. The largest absolute Gasteiger partial charge is 0.253 e. The Labute approximate surface area is 469 Å². The molecule has 3 aliphatic carbocycles. The lowest BCUT2D eigenvalue weighted by Crippen LogP contribution is -2.26. The van der Waals surface area contributed by atoms with Crippen LogP contribution in [-0.4, -0.2) is 20.7 Å². The number of hydrogen-bond acceptors (Lipinski definition) is 4. The Morgan fingerprint density at radius 1 is 0.450 bits per heavy atom. The zero-order valence-electron chi connectivity index (χ0n) is 45.5. The highest BCUT2D eigenvalue weighted by molar-refractivity contribution is 6.03. The van der Waals surface area contributed by atoms with Crippen LogP contribution in [0.3, 0.4) is 0 Å². The number of nitrogens with zero attached hydrogens (tertiary/aromatic N) is 4. The third-order valence-electron chi connectivity index (χ3n) is 16.2. The van der Waals surface area contributed by atoms with Gasteiger partial charge in [-0.05, 0) is 177 Å². The van der Waals surface area contributed by atoms with E-state index in [0.717, 1.165) is 62.3 Å². The smallest absolute Gasteiger partial charge is 0.164 e. The van der Waals surface area contributed by atoms with Crippen molar-refractivity contribution in [1.29, 1.82) is 0 Å². The molecule has 3 aliphatic rings. The second kappa shape index (κ2) is 20.8. The fourth-order valence-electron chi connectivity index (χ4n) is 12.2. The van der Waals surface area contributed by atoms with Crippen LogP contribution in [0.2, 0.25) is 0 Å². The molecular formula is C76H58N4. The van der Waals surface area contributed by atoms with Crippen LogP contribution in [0, 0.1) is 13.8 Å². The summed E-state index contributed by atoms with van der Waals surface area (Å²) in [7, 11) is 0. The lowest BCUT2D eigenvalue weighted by atomic mass is 9.70. The van der Waals surface area contributed by atoms with E-state index in [1.54, 1.807) is 0 Å². The molecule has 4 heteroatoms. The summed E-state index contributed by atoms with van der Waals surface area (Å²) in [6.07, 6.45) is 7.21. The number of para-hydroxylation sites is 1. The van der Waals surface area contributed by atoms with Gasteiger partial charge in [0.05, 0.1) is 11.1 Å². The summed E-state index contributed by atoms with van der Waals surface area (Å²) in [5.41, 5.74) is 27.4. The van der Waals surface area contributed by atoms with Crippen LogP contribution in [0.25, 0.3) is 84.2 Å². The molecule has 11 aromatic rings. The van der Waals surface area contributed by atoms with E-state index >= 15 is 0 Å². The van der Waals surface area contributed by atoms with Crippen molar-refractivity contribution < 1.29 is 0 Å². The van der Waals surface area contributed by atoms with Crippen molar-refractivity contribution in [3.63, 3.8) is 0 Å². The van der Waals surface area contributed by atoms with E-state index in [1.165, 1.54) is 77.9 Å². The summed E-state index contributed by atoms with van der Waals surface area (Å²) in [6, 6.07) is 85.0. The van der Waals surface area contributed by atoms with Crippen molar-refractivity contribution in [3.05, 3.63) is 317 Å². The Bertz CT molecular complexity index is 4250. The molecule has 0 amide bonds. The quantitative estimate of drug-likeness (QED) is 0.143. The van der Waals surface area contributed by atoms with E-state index in [2.05, 4.69) is 228 Å². The van der Waals surface area contributed by atoms with Crippen molar-refractivity contribution in [1.82, 2.24) is 15.0 Å². The van der Waals surface area contributed by atoms with Crippen LogP contribution in [-0.2, 0) is 11.8 Å². The molecule has 0 bridgehead atoms. The highest BCUT2D eigenvalue weighted by Gasteiger charge is 2.52. The average molecular weight is 1030 g/mol. The molecule has 14 rings (SSSR count).